The fourth-order valence-corrected chi connectivity index (χ4v) is 3.23. The number of esters is 1. The second kappa shape index (κ2) is 7.05. The van der Waals surface area contributed by atoms with E-state index in [1.165, 1.54) is 6.92 Å². The van der Waals surface area contributed by atoms with Gasteiger partial charge in [0.05, 0.1) is 17.8 Å². The maximum atomic E-state index is 11.6. The number of aromatic nitrogens is 3. The van der Waals surface area contributed by atoms with Gasteiger partial charge < -0.3 is 9.47 Å². The third kappa shape index (κ3) is 3.38. The van der Waals surface area contributed by atoms with Crippen LogP contribution in [0.15, 0.2) is 18.9 Å². The molecule has 122 valence electrons. The molecule has 6 heteroatoms. The highest BCUT2D eigenvalue weighted by atomic mass is 16.6. The largest absolute Gasteiger partial charge is 0.457 e. The van der Waals surface area contributed by atoms with Crippen LogP contribution >= 0.6 is 0 Å². The first-order valence-electron chi connectivity index (χ1n) is 7.79. The van der Waals surface area contributed by atoms with Crippen molar-refractivity contribution in [2.24, 2.45) is 5.92 Å². The topological polar surface area (TPSA) is 66.2 Å². The minimum atomic E-state index is -0.394. The monoisotopic (exact) mass is 307 g/mol. The smallest absolute Gasteiger partial charge is 0.303 e. The van der Waals surface area contributed by atoms with Gasteiger partial charge in [0.15, 0.2) is 6.10 Å². The van der Waals surface area contributed by atoms with Crippen molar-refractivity contribution in [2.45, 2.75) is 64.9 Å². The van der Waals surface area contributed by atoms with Crippen LogP contribution < -0.4 is 0 Å². The predicted molar refractivity (Wildman–Crippen MR) is 82.3 cm³/mol. The minimum Gasteiger partial charge on any atom is -0.457 e. The number of hydrogen-bond donors (Lipinski definition) is 0. The van der Waals surface area contributed by atoms with Gasteiger partial charge in [0.2, 0.25) is 0 Å². The summed E-state index contributed by atoms with van der Waals surface area (Å²) in [7, 11) is 0. The molecule has 2 rings (SSSR count). The van der Waals surface area contributed by atoms with Crippen LogP contribution in [0.3, 0.4) is 0 Å². The van der Waals surface area contributed by atoms with E-state index in [4.69, 9.17) is 9.47 Å². The third-order valence-corrected chi connectivity index (χ3v) is 4.21. The van der Waals surface area contributed by atoms with E-state index in [1.807, 2.05) is 17.8 Å². The summed E-state index contributed by atoms with van der Waals surface area (Å²) in [5, 5.41) is 8.28. The summed E-state index contributed by atoms with van der Waals surface area (Å²) >= 11 is 0. The number of rotatable bonds is 5. The van der Waals surface area contributed by atoms with Crippen LogP contribution in [0.5, 0.6) is 0 Å². The van der Waals surface area contributed by atoms with Crippen molar-refractivity contribution in [3.05, 3.63) is 24.5 Å². The summed E-state index contributed by atoms with van der Waals surface area (Å²) in [6.45, 7) is 11.3. The molecule has 0 N–H and O–H groups in total. The van der Waals surface area contributed by atoms with Gasteiger partial charge >= 0.3 is 5.97 Å². The van der Waals surface area contributed by atoms with Gasteiger partial charge in [-0.05, 0) is 19.8 Å². The minimum absolute atomic E-state index is 0.0891. The zero-order valence-corrected chi connectivity index (χ0v) is 13.7. The number of hydrogen-bond acceptors (Lipinski definition) is 5. The number of nitrogens with zero attached hydrogens (tertiary/aromatic N) is 3. The number of ether oxygens (including phenoxy) is 2. The number of carbonyl (C=O) groups is 1. The first-order chi connectivity index (χ1) is 10.5. The summed E-state index contributed by atoms with van der Waals surface area (Å²) in [6.07, 6.45) is 4.70. The summed E-state index contributed by atoms with van der Waals surface area (Å²) < 4.78 is 13.6. The summed E-state index contributed by atoms with van der Waals surface area (Å²) in [5.74, 6) is -0.150. The van der Waals surface area contributed by atoms with E-state index >= 15 is 0 Å². The van der Waals surface area contributed by atoms with Crippen molar-refractivity contribution in [2.75, 3.05) is 0 Å². The van der Waals surface area contributed by atoms with Crippen LogP contribution in [-0.2, 0) is 14.3 Å². The van der Waals surface area contributed by atoms with Gasteiger partial charge in [0, 0.05) is 19.0 Å². The van der Waals surface area contributed by atoms with E-state index in [0.717, 1.165) is 12.1 Å². The predicted octanol–water partition coefficient (Wildman–Crippen LogP) is 2.45. The second-order valence-electron chi connectivity index (χ2n) is 5.91. The van der Waals surface area contributed by atoms with Gasteiger partial charge in [-0.1, -0.05) is 25.1 Å². The lowest BCUT2D eigenvalue weighted by Gasteiger charge is -2.44. The summed E-state index contributed by atoms with van der Waals surface area (Å²) in [5.41, 5.74) is 0.841. The molecule has 0 aromatic carbocycles. The first-order valence-corrected chi connectivity index (χ1v) is 7.79. The fraction of sp³-hybridized carbons (Fsp3) is 0.688. The fourth-order valence-electron chi connectivity index (χ4n) is 3.23. The number of aryl methyl sites for hydroxylation is 1. The van der Waals surface area contributed by atoms with Gasteiger partial charge in [-0.15, -0.1) is 11.7 Å². The molecule has 0 amide bonds. The van der Waals surface area contributed by atoms with Crippen molar-refractivity contribution in [3.8, 4) is 0 Å². The molecule has 1 aromatic heterocycles. The second-order valence-corrected chi connectivity index (χ2v) is 5.91. The normalized spacial score (nSPS) is 31.7. The zero-order chi connectivity index (χ0) is 16.3. The summed E-state index contributed by atoms with van der Waals surface area (Å²) in [4.78, 5) is 11.6. The molecule has 1 fully saturated rings. The Bertz CT molecular complexity index is 528. The highest BCUT2D eigenvalue weighted by molar-refractivity contribution is 5.66. The van der Waals surface area contributed by atoms with E-state index in [2.05, 4.69) is 30.7 Å². The number of carbonyl (C=O) groups excluding carboxylic acids is 1. The molecule has 1 saturated heterocycles. The highest BCUT2D eigenvalue weighted by Gasteiger charge is 2.46. The standard InChI is InChI=1S/C16H25N3O3/c1-6-8-14-16(21-12(5)20)15(11(4)13(7-2)22-14)19-9-10(3)17-18-19/h6,9,11,13-16H,1,7-8H2,2-5H3/t11-,13+,14+,15-,16-/m0/s1. The van der Waals surface area contributed by atoms with Crippen molar-refractivity contribution >= 4 is 5.97 Å². The van der Waals surface area contributed by atoms with Gasteiger partial charge in [-0.3, -0.25) is 4.79 Å². The average molecular weight is 307 g/mol. The molecule has 1 aliphatic rings. The molecule has 0 aliphatic carbocycles. The molecular formula is C16H25N3O3. The Morgan fingerprint density at radius 3 is 2.77 bits per heavy atom. The van der Waals surface area contributed by atoms with Gasteiger partial charge in [0.25, 0.3) is 0 Å². The Morgan fingerprint density at radius 1 is 1.55 bits per heavy atom. The Morgan fingerprint density at radius 2 is 2.27 bits per heavy atom. The highest BCUT2D eigenvalue weighted by Crippen LogP contribution is 2.38. The van der Waals surface area contributed by atoms with Crippen molar-refractivity contribution in [3.63, 3.8) is 0 Å². The molecule has 0 spiro atoms. The van der Waals surface area contributed by atoms with Crippen molar-refractivity contribution < 1.29 is 14.3 Å². The average Bonchev–Trinajstić information content (AvgIpc) is 2.87. The quantitative estimate of drug-likeness (QED) is 0.617. The maximum Gasteiger partial charge on any atom is 0.303 e. The lowest BCUT2D eigenvalue weighted by molar-refractivity contribution is -0.194. The third-order valence-electron chi connectivity index (χ3n) is 4.21. The Labute approximate surface area is 131 Å². The molecule has 1 aromatic rings. The molecule has 1 aliphatic heterocycles. The molecule has 0 radical (unpaired) electrons. The van der Waals surface area contributed by atoms with E-state index < -0.39 is 6.10 Å². The first kappa shape index (κ1) is 16.7. The SMILES string of the molecule is C=CC[C@H]1O[C@H](CC)[C@H](C)[C@H](n2cc(C)nn2)[C@H]1OC(C)=O. The molecule has 0 bridgehead atoms. The van der Waals surface area contributed by atoms with Crippen molar-refractivity contribution in [1.82, 2.24) is 15.0 Å². The zero-order valence-electron chi connectivity index (χ0n) is 13.7. The Balaban J connectivity index is 2.39. The van der Waals surface area contributed by atoms with Crippen LogP contribution in [-0.4, -0.2) is 39.3 Å². The molecular weight excluding hydrogens is 282 g/mol. The van der Waals surface area contributed by atoms with Gasteiger partial charge in [-0.25, -0.2) is 4.68 Å². The lowest BCUT2D eigenvalue weighted by Crippen LogP contribution is -2.52. The van der Waals surface area contributed by atoms with Crippen LogP contribution in [0.2, 0.25) is 0 Å². The van der Waals surface area contributed by atoms with Crippen LogP contribution in [0.4, 0.5) is 0 Å². The van der Waals surface area contributed by atoms with E-state index in [1.54, 1.807) is 6.08 Å². The molecule has 0 saturated carbocycles. The van der Waals surface area contributed by atoms with Crippen LogP contribution in [0, 0.1) is 12.8 Å². The Hall–Kier alpha value is -1.69. The van der Waals surface area contributed by atoms with Gasteiger partial charge in [0.1, 0.15) is 6.10 Å². The Kier molecular flexibility index (Phi) is 5.34. The molecule has 0 unspecified atom stereocenters. The summed E-state index contributed by atoms with van der Waals surface area (Å²) in [6, 6.07) is -0.0891. The van der Waals surface area contributed by atoms with Crippen LogP contribution in [0.25, 0.3) is 0 Å². The molecule has 2 heterocycles. The lowest BCUT2D eigenvalue weighted by atomic mass is 9.83. The molecule has 5 atom stereocenters. The molecule has 22 heavy (non-hydrogen) atoms. The van der Waals surface area contributed by atoms with E-state index in [0.29, 0.717) is 6.42 Å². The van der Waals surface area contributed by atoms with Gasteiger partial charge in [-0.2, -0.15) is 0 Å². The molecule has 6 nitrogen and oxygen atoms in total. The van der Waals surface area contributed by atoms with Crippen molar-refractivity contribution in [1.29, 1.82) is 0 Å². The van der Waals surface area contributed by atoms with E-state index in [9.17, 15) is 4.79 Å². The van der Waals surface area contributed by atoms with Crippen LogP contribution in [0.1, 0.15) is 45.3 Å². The maximum absolute atomic E-state index is 11.6. The van der Waals surface area contributed by atoms with E-state index in [-0.39, 0.29) is 30.1 Å².